The highest BCUT2D eigenvalue weighted by atomic mass is 35.5. The minimum Gasteiger partial charge on any atom is -0.467 e. The number of halogens is 1. The molecule has 0 amide bonds. The third-order valence-electron chi connectivity index (χ3n) is 4.56. The van der Waals surface area contributed by atoms with Crippen molar-refractivity contribution in [2.45, 2.75) is 64.8 Å². The summed E-state index contributed by atoms with van der Waals surface area (Å²) >= 11 is 6.27. The lowest BCUT2D eigenvalue weighted by Crippen LogP contribution is -2.38. The number of fused-ring (bicyclic) bond motifs is 1. The van der Waals surface area contributed by atoms with E-state index < -0.39 is 0 Å². The number of ether oxygens (including phenoxy) is 2. The Bertz CT molecular complexity index is 498. The molecular formula is C17H24ClNO2. The van der Waals surface area contributed by atoms with Crippen molar-refractivity contribution in [1.82, 2.24) is 4.90 Å². The van der Waals surface area contributed by atoms with Crippen LogP contribution in [-0.2, 0) is 17.9 Å². The molecule has 1 aliphatic heterocycles. The van der Waals surface area contributed by atoms with Crippen molar-refractivity contribution < 1.29 is 9.47 Å². The van der Waals surface area contributed by atoms with Gasteiger partial charge in [-0.15, -0.1) is 0 Å². The van der Waals surface area contributed by atoms with Crippen molar-refractivity contribution in [3.63, 3.8) is 0 Å². The Kier molecular flexibility index (Phi) is 4.72. The monoisotopic (exact) mass is 309 g/mol. The zero-order chi connectivity index (χ0) is 14.8. The molecule has 0 radical (unpaired) electrons. The fraction of sp³-hybridized carbons (Fsp3) is 0.647. The summed E-state index contributed by atoms with van der Waals surface area (Å²) in [6.07, 6.45) is 5.33. The standard InChI is InChI=1S/C17H24ClNO2/c1-12(2)19(16-5-3-4-6-16)9-13-7-15(18)8-14-10-20-11-21-17(13)14/h7-8,12,16H,3-6,9-11H2,1-2H3. The van der Waals surface area contributed by atoms with E-state index in [2.05, 4.69) is 24.8 Å². The second-order valence-corrected chi connectivity index (χ2v) is 6.80. The highest BCUT2D eigenvalue weighted by molar-refractivity contribution is 6.30. The lowest BCUT2D eigenvalue weighted by Gasteiger charge is -2.34. The van der Waals surface area contributed by atoms with Crippen molar-refractivity contribution in [1.29, 1.82) is 0 Å². The molecule has 1 aromatic carbocycles. The molecule has 4 heteroatoms. The smallest absolute Gasteiger partial charge is 0.189 e. The van der Waals surface area contributed by atoms with Gasteiger partial charge in [0.05, 0.1) is 6.61 Å². The molecular weight excluding hydrogens is 286 g/mol. The maximum atomic E-state index is 6.27. The molecule has 116 valence electrons. The second-order valence-electron chi connectivity index (χ2n) is 6.37. The summed E-state index contributed by atoms with van der Waals surface area (Å²) in [7, 11) is 0. The van der Waals surface area contributed by atoms with Crippen molar-refractivity contribution >= 4 is 11.6 Å². The molecule has 1 fully saturated rings. The Morgan fingerprint density at radius 3 is 2.76 bits per heavy atom. The Labute approximate surface area is 132 Å². The van der Waals surface area contributed by atoms with Gasteiger partial charge in [-0.25, -0.2) is 0 Å². The normalized spacial score (nSPS) is 19.1. The zero-order valence-electron chi connectivity index (χ0n) is 12.9. The molecule has 0 spiro atoms. The first kappa shape index (κ1) is 15.1. The van der Waals surface area contributed by atoms with Crippen LogP contribution in [0.5, 0.6) is 5.75 Å². The molecule has 21 heavy (non-hydrogen) atoms. The number of hydrogen-bond donors (Lipinski definition) is 0. The van der Waals surface area contributed by atoms with Gasteiger partial charge < -0.3 is 9.47 Å². The fourth-order valence-corrected chi connectivity index (χ4v) is 3.80. The average Bonchev–Trinajstić information content (AvgIpc) is 2.97. The van der Waals surface area contributed by atoms with Gasteiger partial charge in [0.2, 0.25) is 0 Å². The van der Waals surface area contributed by atoms with Crippen LogP contribution in [0.25, 0.3) is 0 Å². The summed E-state index contributed by atoms with van der Waals surface area (Å²) in [6.45, 7) is 6.39. The quantitative estimate of drug-likeness (QED) is 0.825. The topological polar surface area (TPSA) is 21.7 Å². The zero-order valence-corrected chi connectivity index (χ0v) is 13.7. The van der Waals surface area contributed by atoms with Crippen LogP contribution >= 0.6 is 11.6 Å². The van der Waals surface area contributed by atoms with Gasteiger partial charge >= 0.3 is 0 Å². The van der Waals surface area contributed by atoms with Crippen LogP contribution in [0.15, 0.2) is 12.1 Å². The third-order valence-corrected chi connectivity index (χ3v) is 4.78. The molecule has 0 saturated heterocycles. The Hall–Kier alpha value is -0.770. The maximum absolute atomic E-state index is 6.27. The third kappa shape index (κ3) is 3.36. The summed E-state index contributed by atoms with van der Waals surface area (Å²) < 4.78 is 11.1. The molecule has 0 atom stereocenters. The molecule has 0 N–H and O–H groups in total. The molecule has 0 aromatic heterocycles. The van der Waals surface area contributed by atoms with Gasteiger partial charge in [-0.1, -0.05) is 24.4 Å². The molecule has 1 heterocycles. The van der Waals surface area contributed by atoms with E-state index in [0.29, 0.717) is 25.5 Å². The van der Waals surface area contributed by atoms with Gasteiger partial charge in [-0.2, -0.15) is 0 Å². The van der Waals surface area contributed by atoms with E-state index in [-0.39, 0.29) is 0 Å². The van der Waals surface area contributed by atoms with Crippen LogP contribution in [0.3, 0.4) is 0 Å². The highest BCUT2D eigenvalue weighted by Gasteiger charge is 2.26. The average molecular weight is 310 g/mol. The van der Waals surface area contributed by atoms with E-state index >= 15 is 0 Å². The number of hydrogen-bond acceptors (Lipinski definition) is 3. The predicted octanol–water partition coefficient (Wildman–Crippen LogP) is 4.36. The van der Waals surface area contributed by atoms with E-state index in [1.165, 1.54) is 31.2 Å². The minimum absolute atomic E-state index is 0.340. The first-order chi connectivity index (χ1) is 10.1. The van der Waals surface area contributed by atoms with Crippen molar-refractivity contribution in [2.75, 3.05) is 6.79 Å². The minimum atomic E-state index is 0.340. The lowest BCUT2D eigenvalue weighted by atomic mass is 10.1. The molecule has 1 aromatic rings. The maximum Gasteiger partial charge on any atom is 0.189 e. The number of benzene rings is 1. The molecule has 1 saturated carbocycles. The summed E-state index contributed by atoms with van der Waals surface area (Å²) in [4.78, 5) is 2.60. The van der Waals surface area contributed by atoms with Gasteiger partial charge in [-0.05, 0) is 38.8 Å². The van der Waals surface area contributed by atoms with Crippen LogP contribution < -0.4 is 4.74 Å². The Balaban J connectivity index is 1.86. The van der Waals surface area contributed by atoms with Gasteiger partial charge in [-0.3, -0.25) is 4.90 Å². The lowest BCUT2D eigenvalue weighted by molar-refractivity contribution is -0.0177. The summed E-state index contributed by atoms with van der Waals surface area (Å²) in [6, 6.07) is 5.23. The first-order valence-electron chi connectivity index (χ1n) is 7.92. The van der Waals surface area contributed by atoms with Gasteiger partial charge in [0.25, 0.3) is 0 Å². The molecule has 3 nitrogen and oxygen atoms in total. The van der Waals surface area contributed by atoms with Crippen LogP contribution in [0.4, 0.5) is 0 Å². The van der Waals surface area contributed by atoms with Crippen molar-refractivity contribution in [3.05, 3.63) is 28.3 Å². The Morgan fingerprint density at radius 2 is 2.05 bits per heavy atom. The van der Waals surface area contributed by atoms with E-state index in [9.17, 15) is 0 Å². The highest BCUT2D eigenvalue weighted by Crippen LogP contribution is 2.34. The molecule has 0 bridgehead atoms. The van der Waals surface area contributed by atoms with Crippen molar-refractivity contribution in [3.8, 4) is 5.75 Å². The van der Waals surface area contributed by atoms with Crippen molar-refractivity contribution in [2.24, 2.45) is 0 Å². The first-order valence-corrected chi connectivity index (χ1v) is 8.30. The van der Waals surface area contributed by atoms with Gasteiger partial charge in [0.1, 0.15) is 5.75 Å². The molecule has 3 rings (SSSR count). The fourth-order valence-electron chi connectivity index (χ4n) is 3.54. The summed E-state index contributed by atoms with van der Waals surface area (Å²) in [5.41, 5.74) is 2.26. The molecule has 1 aliphatic carbocycles. The SMILES string of the molecule is CC(C)N(Cc1cc(Cl)cc2c1OCOC2)C1CCCC1. The molecule has 0 unspecified atom stereocenters. The van der Waals surface area contributed by atoms with Crippen LogP contribution in [0.1, 0.15) is 50.7 Å². The van der Waals surface area contributed by atoms with E-state index in [4.69, 9.17) is 21.1 Å². The largest absolute Gasteiger partial charge is 0.467 e. The summed E-state index contributed by atoms with van der Waals surface area (Å²) in [5.74, 6) is 0.981. The van der Waals surface area contributed by atoms with E-state index in [1.807, 2.05) is 6.07 Å². The number of nitrogens with zero attached hydrogens (tertiary/aromatic N) is 1. The van der Waals surface area contributed by atoms with Crippen LogP contribution in [-0.4, -0.2) is 23.8 Å². The van der Waals surface area contributed by atoms with E-state index in [1.54, 1.807) is 0 Å². The number of rotatable bonds is 4. The predicted molar refractivity (Wildman–Crippen MR) is 84.7 cm³/mol. The van der Waals surface area contributed by atoms with E-state index in [0.717, 1.165) is 22.9 Å². The summed E-state index contributed by atoms with van der Waals surface area (Å²) in [5, 5.41) is 0.771. The van der Waals surface area contributed by atoms with Crippen LogP contribution in [0, 0.1) is 0 Å². The van der Waals surface area contributed by atoms with Crippen LogP contribution in [0.2, 0.25) is 5.02 Å². The second kappa shape index (κ2) is 6.55. The Morgan fingerprint density at radius 1 is 1.29 bits per heavy atom. The van der Waals surface area contributed by atoms with Gasteiger partial charge in [0.15, 0.2) is 6.79 Å². The van der Waals surface area contributed by atoms with Gasteiger partial charge in [0, 0.05) is 34.8 Å². The molecule has 2 aliphatic rings.